The molecule has 0 spiro atoms. The first-order valence-corrected chi connectivity index (χ1v) is 6.29. The molecule has 3 nitrogen and oxygen atoms in total. The zero-order chi connectivity index (χ0) is 12.8. The van der Waals surface area contributed by atoms with E-state index in [4.69, 9.17) is 15.2 Å². The second kappa shape index (κ2) is 6.38. The van der Waals surface area contributed by atoms with Gasteiger partial charge in [-0.15, -0.1) is 0 Å². The Morgan fingerprint density at radius 2 is 1.65 bits per heavy atom. The maximum absolute atomic E-state index is 5.94. The fourth-order valence-corrected chi connectivity index (χ4v) is 1.32. The highest BCUT2D eigenvalue weighted by atomic mass is 16.5. The number of ether oxygens (including phenoxy) is 2. The van der Waals surface area contributed by atoms with Crippen LogP contribution in [-0.4, -0.2) is 12.2 Å². The first kappa shape index (κ1) is 13.7. The van der Waals surface area contributed by atoms with Crippen LogP contribution in [0.2, 0.25) is 0 Å². The summed E-state index contributed by atoms with van der Waals surface area (Å²) in [6.07, 6.45) is 2.32. The van der Waals surface area contributed by atoms with Gasteiger partial charge in [-0.1, -0.05) is 13.8 Å². The minimum Gasteiger partial charge on any atom is -0.491 e. The van der Waals surface area contributed by atoms with Gasteiger partial charge < -0.3 is 15.2 Å². The summed E-state index contributed by atoms with van der Waals surface area (Å²) in [6.45, 7) is 8.25. The predicted octanol–water partition coefficient (Wildman–Crippen LogP) is 3.62. The summed E-state index contributed by atoms with van der Waals surface area (Å²) in [5, 5.41) is 0. The Bertz CT molecular complexity index is 352. The molecule has 0 fully saturated rings. The van der Waals surface area contributed by atoms with Gasteiger partial charge in [0.1, 0.15) is 11.5 Å². The predicted molar refractivity (Wildman–Crippen MR) is 71.6 cm³/mol. The SMILES string of the molecule is CCC(C)Oc1ccc(OC(C)CC)c(N)c1. The van der Waals surface area contributed by atoms with E-state index in [1.54, 1.807) is 0 Å². The van der Waals surface area contributed by atoms with Crippen LogP contribution in [-0.2, 0) is 0 Å². The lowest BCUT2D eigenvalue weighted by molar-refractivity contribution is 0.212. The average Bonchev–Trinajstić information content (AvgIpc) is 2.32. The number of rotatable bonds is 6. The fourth-order valence-electron chi connectivity index (χ4n) is 1.32. The van der Waals surface area contributed by atoms with Crippen molar-refractivity contribution in [3.63, 3.8) is 0 Å². The molecule has 2 N–H and O–H groups in total. The zero-order valence-corrected chi connectivity index (χ0v) is 11.2. The van der Waals surface area contributed by atoms with Crippen molar-refractivity contribution in [2.24, 2.45) is 0 Å². The van der Waals surface area contributed by atoms with Crippen molar-refractivity contribution in [3.8, 4) is 11.5 Å². The maximum atomic E-state index is 5.94. The first-order valence-electron chi connectivity index (χ1n) is 6.29. The van der Waals surface area contributed by atoms with Gasteiger partial charge in [0.2, 0.25) is 0 Å². The fraction of sp³-hybridized carbons (Fsp3) is 0.571. The van der Waals surface area contributed by atoms with Crippen LogP contribution in [0.1, 0.15) is 40.5 Å². The largest absolute Gasteiger partial charge is 0.491 e. The Morgan fingerprint density at radius 1 is 1.06 bits per heavy atom. The van der Waals surface area contributed by atoms with Gasteiger partial charge in [0.05, 0.1) is 17.9 Å². The lowest BCUT2D eigenvalue weighted by atomic mass is 10.2. The van der Waals surface area contributed by atoms with Gasteiger partial charge in [0.15, 0.2) is 0 Å². The molecule has 0 bridgehead atoms. The molecule has 0 aliphatic rings. The smallest absolute Gasteiger partial charge is 0.142 e. The standard InChI is InChI=1S/C14H23NO2/c1-5-10(3)16-12-7-8-14(13(15)9-12)17-11(4)6-2/h7-11H,5-6,15H2,1-4H3. The van der Waals surface area contributed by atoms with E-state index in [2.05, 4.69) is 13.8 Å². The van der Waals surface area contributed by atoms with Crippen molar-refractivity contribution in [2.45, 2.75) is 52.7 Å². The van der Waals surface area contributed by atoms with Crippen molar-refractivity contribution in [1.29, 1.82) is 0 Å². The normalized spacial score (nSPS) is 14.1. The summed E-state index contributed by atoms with van der Waals surface area (Å²) in [5.41, 5.74) is 6.57. The van der Waals surface area contributed by atoms with E-state index in [1.165, 1.54) is 0 Å². The zero-order valence-electron chi connectivity index (χ0n) is 11.2. The van der Waals surface area contributed by atoms with Crippen LogP contribution in [0, 0.1) is 0 Å². The minimum atomic E-state index is 0.179. The average molecular weight is 237 g/mol. The quantitative estimate of drug-likeness (QED) is 0.768. The summed E-state index contributed by atoms with van der Waals surface area (Å²) in [7, 11) is 0. The Labute approximate surface area is 104 Å². The van der Waals surface area contributed by atoms with E-state index in [9.17, 15) is 0 Å². The summed E-state index contributed by atoms with van der Waals surface area (Å²) < 4.78 is 11.4. The lowest BCUT2D eigenvalue weighted by Gasteiger charge is -2.17. The lowest BCUT2D eigenvalue weighted by Crippen LogP contribution is -2.12. The highest BCUT2D eigenvalue weighted by Crippen LogP contribution is 2.28. The molecule has 0 aromatic heterocycles. The molecule has 17 heavy (non-hydrogen) atoms. The number of hydrogen-bond donors (Lipinski definition) is 1. The molecule has 0 aliphatic carbocycles. The Balaban J connectivity index is 2.72. The third kappa shape index (κ3) is 4.17. The van der Waals surface area contributed by atoms with Crippen LogP contribution in [0.15, 0.2) is 18.2 Å². The molecule has 3 heteroatoms. The van der Waals surface area contributed by atoms with E-state index >= 15 is 0 Å². The molecular formula is C14H23NO2. The van der Waals surface area contributed by atoms with Crippen molar-refractivity contribution in [3.05, 3.63) is 18.2 Å². The Morgan fingerprint density at radius 3 is 2.18 bits per heavy atom. The third-order valence-electron chi connectivity index (χ3n) is 2.80. The van der Waals surface area contributed by atoms with Crippen molar-refractivity contribution in [1.82, 2.24) is 0 Å². The molecule has 1 rings (SSSR count). The maximum Gasteiger partial charge on any atom is 0.142 e. The second-order valence-corrected chi connectivity index (χ2v) is 4.37. The molecule has 0 radical (unpaired) electrons. The van der Waals surface area contributed by atoms with Crippen LogP contribution < -0.4 is 15.2 Å². The number of nitrogen functional groups attached to an aromatic ring is 1. The summed E-state index contributed by atoms with van der Waals surface area (Å²) in [4.78, 5) is 0. The monoisotopic (exact) mass is 237 g/mol. The molecule has 2 atom stereocenters. The van der Waals surface area contributed by atoms with Crippen molar-refractivity contribution >= 4 is 5.69 Å². The number of anilines is 1. The molecule has 1 aromatic carbocycles. The molecule has 0 aliphatic heterocycles. The topological polar surface area (TPSA) is 44.5 Å². The summed E-state index contributed by atoms with van der Waals surface area (Å²) >= 11 is 0. The van der Waals surface area contributed by atoms with Gasteiger partial charge in [-0.2, -0.15) is 0 Å². The van der Waals surface area contributed by atoms with E-state index < -0.39 is 0 Å². The molecule has 0 heterocycles. The van der Waals surface area contributed by atoms with E-state index in [-0.39, 0.29) is 12.2 Å². The molecule has 96 valence electrons. The minimum absolute atomic E-state index is 0.179. The highest BCUT2D eigenvalue weighted by Gasteiger charge is 2.07. The van der Waals surface area contributed by atoms with E-state index in [0.717, 1.165) is 24.3 Å². The van der Waals surface area contributed by atoms with Crippen LogP contribution in [0.5, 0.6) is 11.5 Å². The molecule has 2 unspecified atom stereocenters. The Kier molecular flexibility index (Phi) is 5.13. The first-order chi connectivity index (χ1) is 8.06. The highest BCUT2D eigenvalue weighted by molar-refractivity contribution is 5.56. The summed E-state index contributed by atoms with van der Waals surface area (Å²) in [6, 6.07) is 5.60. The summed E-state index contributed by atoms with van der Waals surface area (Å²) in [5.74, 6) is 1.53. The number of benzene rings is 1. The van der Waals surface area contributed by atoms with E-state index in [1.807, 2.05) is 32.0 Å². The van der Waals surface area contributed by atoms with E-state index in [0.29, 0.717) is 5.69 Å². The molecule has 0 saturated carbocycles. The number of nitrogens with two attached hydrogens (primary N) is 1. The van der Waals surface area contributed by atoms with Crippen LogP contribution in [0.25, 0.3) is 0 Å². The van der Waals surface area contributed by atoms with Crippen LogP contribution in [0.4, 0.5) is 5.69 Å². The Hall–Kier alpha value is -1.38. The second-order valence-electron chi connectivity index (χ2n) is 4.37. The van der Waals surface area contributed by atoms with Crippen molar-refractivity contribution in [2.75, 3.05) is 5.73 Å². The molecule has 0 saturated heterocycles. The van der Waals surface area contributed by atoms with Crippen LogP contribution >= 0.6 is 0 Å². The van der Waals surface area contributed by atoms with Gasteiger partial charge in [-0.3, -0.25) is 0 Å². The van der Waals surface area contributed by atoms with Gasteiger partial charge in [0, 0.05) is 6.07 Å². The van der Waals surface area contributed by atoms with Gasteiger partial charge in [-0.25, -0.2) is 0 Å². The van der Waals surface area contributed by atoms with Gasteiger partial charge >= 0.3 is 0 Å². The molecule has 1 aromatic rings. The molecule has 0 amide bonds. The van der Waals surface area contributed by atoms with Crippen LogP contribution in [0.3, 0.4) is 0 Å². The van der Waals surface area contributed by atoms with Crippen molar-refractivity contribution < 1.29 is 9.47 Å². The number of hydrogen-bond acceptors (Lipinski definition) is 3. The van der Waals surface area contributed by atoms with Gasteiger partial charge in [-0.05, 0) is 38.8 Å². The molecular weight excluding hydrogens is 214 g/mol. The third-order valence-corrected chi connectivity index (χ3v) is 2.80. The van der Waals surface area contributed by atoms with Gasteiger partial charge in [0.25, 0.3) is 0 Å².